The molecule has 10 heteroatoms. The molecule has 8 nitrogen and oxygen atoms in total. The van der Waals surface area contributed by atoms with E-state index in [0.29, 0.717) is 37.0 Å². The zero-order valence-electron chi connectivity index (χ0n) is 16.5. The van der Waals surface area contributed by atoms with E-state index in [2.05, 4.69) is 5.32 Å². The third-order valence-corrected chi connectivity index (χ3v) is 6.69. The summed E-state index contributed by atoms with van der Waals surface area (Å²) in [6.45, 7) is 3.22. The highest BCUT2D eigenvalue weighted by atomic mass is 35.5. The lowest BCUT2D eigenvalue weighted by atomic mass is 10.3. The summed E-state index contributed by atoms with van der Waals surface area (Å²) in [7, 11) is -3.80. The third kappa shape index (κ3) is 5.42. The Morgan fingerprint density at radius 2 is 1.80 bits per heavy atom. The summed E-state index contributed by atoms with van der Waals surface area (Å²) >= 11 is 6.14. The van der Waals surface area contributed by atoms with E-state index < -0.39 is 15.9 Å². The van der Waals surface area contributed by atoms with Crippen LogP contribution in [-0.4, -0.2) is 58.1 Å². The number of nitrogens with one attached hydrogen (secondary N) is 1. The Bertz CT molecular complexity index is 993. The van der Waals surface area contributed by atoms with E-state index >= 15 is 0 Å². The number of anilines is 1. The van der Waals surface area contributed by atoms with Gasteiger partial charge in [0, 0.05) is 18.8 Å². The number of sulfonamides is 1. The summed E-state index contributed by atoms with van der Waals surface area (Å²) in [5.74, 6) is 0.540. The molecule has 0 aromatic heterocycles. The standard InChI is InChI=1S/C20H23ClN2O6S/c1-2-28-17-5-3-4-6-18(17)29-14-20(24)22-15-7-8-16(21)19(13-15)30(25,26)23-9-11-27-12-10-23/h3-8,13H,2,9-12,14H2,1H3,(H,22,24). The van der Waals surface area contributed by atoms with Gasteiger partial charge in [-0.3, -0.25) is 4.79 Å². The van der Waals surface area contributed by atoms with E-state index in [-0.39, 0.29) is 29.6 Å². The van der Waals surface area contributed by atoms with E-state index in [9.17, 15) is 13.2 Å². The average Bonchev–Trinajstić information content (AvgIpc) is 2.75. The second-order valence-corrected chi connectivity index (χ2v) is 8.69. The van der Waals surface area contributed by atoms with Crippen molar-refractivity contribution < 1.29 is 27.4 Å². The lowest BCUT2D eigenvalue weighted by Gasteiger charge is -2.26. The molecule has 0 saturated carbocycles. The molecule has 1 saturated heterocycles. The highest BCUT2D eigenvalue weighted by molar-refractivity contribution is 7.89. The Balaban J connectivity index is 1.68. The largest absolute Gasteiger partial charge is 0.490 e. The molecule has 1 amide bonds. The fraction of sp³-hybridized carbons (Fsp3) is 0.350. The van der Waals surface area contributed by atoms with Gasteiger partial charge in [0.1, 0.15) is 4.90 Å². The first-order chi connectivity index (χ1) is 14.4. The average molecular weight is 455 g/mol. The van der Waals surface area contributed by atoms with Gasteiger partial charge in [-0.15, -0.1) is 0 Å². The molecule has 0 unspecified atom stereocenters. The summed E-state index contributed by atoms with van der Waals surface area (Å²) in [5.41, 5.74) is 0.304. The molecule has 1 N–H and O–H groups in total. The van der Waals surface area contributed by atoms with Crippen molar-refractivity contribution in [2.24, 2.45) is 0 Å². The molecule has 30 heavy (non-hydrogen) atoms. The molecule has 0 radical (unpaired) electrons. The molecule has 3 rings (SSSR count). The lowest BCUT2D eigenvalue weighted by Crippen LogP contribution is -2.40. The molecule has 0 bridgehead atoms. The molecule has 1 heterocycles. The number of morpholine rings is 1. The minimum absolute atomic E-state index is 0.0634. The SMILES string of the molecule is CCOc1ccccc1OCC(=O)Nc1ccc(Cl)c(S(=O)(=O)N2CCOCC2)c1. The first-order valence-corrected chi connectivity index (χ1v) is 11.3. The predicted molar refractivity (Wildman–Crippen MR) is 113 cm³/mol. The number of amides is 1. The second kappa shape index (κ2) is 10.1. The van der Waals surface area contributed by atoms with Crippen LogP contribution in [0.4, 0.5) is 5.69 Å². The Morgan fingerprint density at radius 3 is 2.47 bits per heavy atom. The normalized spacial score (nSPS) is 14.9. The predicted octanol–water partition coefficient (Wildman–Crippen LogP) is 2.78. The number of ether oxygens (including phenoxy) is 3. The summed E-state index contributed by atoms with van der Waals surface area (Å²) in [4.78, 5) is 12.3. The Labute approximate surface area is 180 Å². The summed E-state index contributed by atoms with van der Waals surface area (Å²) in [6.07, 6.45) is 0. The monoisotopic (exact) mass is 454 g/mol. The van der Waals surface area contributed by atoms with E-state index in [4.69, 9.17) is 25.8 Å². The summed E-state index contributed by atoms with van der Waals surface area (Å²) in [6, 6.07) is 11.4. The van der Waals surface area contributed by atoms with Crippen molar-refractivity contribution in [3.63, 3.8) is 0 Å². The van der Waals surface area contributed by atoms with Crippen LogP contribution in [0.5, 0.6) is 11.5 Å². The smallest absolute Gasteiger partial charge is 0.262 e. The van der Waals surface area contributed by atoms with Crippen LogP contribution in [0.25, 0.3) is 0 Å². The molecule has 0 spiro atoms. The van der Waals surface area contributed by atoms with Gasteiger partial charge in [-0.2, -0.15) is 4.31 Å². The fourth-order valence-corrected chi connectivity index (χ4v) is 4.80. The first-order valence-electron chi connectivity index (χ1n) is 9.43. The minimum Gasteiger partial charge on any atom is -0.490 e. The van der Waals surface area contributed by atoms with Gasteiger partial charge in [0.2, 0.25) is 10.0 Å². The van der Waals surface area contributed by atoms with Gasteiger partial charge in [-0.05, 0) is 37.3 Å². The summed E-state index contributed by atoms with van der Waals surface area (Å²) < 4.78 is 43.3. The Kier molecular flexibility index (Phi) is 7.54. The van der Waals surface area contributed by atoms with Crippen molar-refractivity contribution in [1.29, 1.82) is 0 Å². The van der Waals surface area contributed by atoms with Gasteiger partial charge in [-0.1, -0.05) is 23.7 Å². The molecular formula is C20H23ClN2O6S. The van der Waals surface area contributed by atoms with Gasteiger partial charge in [0.25, 0.3) is 5.91 Å². The van der Waals surface area contributed by atoms with Crippen molar-refractivity contribution in [3.8, 4) is 11.5 Å². The van der Waals surface area contributed by atoms with Crippen LogP contribution in [0.2, 0.25) is 5.02 Å². The van der Waals surface area contributed by atoms with E-state index in [1.165, 1.54) is 22.5 Å². The number of hydrogen-bond acceptors (Lipinski definition) is 6. The Morgan fingerprint density at radius 1 is 1.13 bits per heavy atom. The van der Waals surface area contributed by atoms with Gasteiger partial charge in [0.15, 0.2) is 18.1 Å². The van der Waals surface area contributed by atoms with Crippen LogP contribution in [-0.2, 0) is 19.6 Å². The van der Waals surface area contributed by atoms with Crippen molar-refractivity contribution in [2.75, 3.05) is 44.8 Å². The maximum absolute atomic E-state index is 12.9. The van der Waals surface area contributed by atoms with Crippen molar-refractivity contribution in [3.05, 3.63) is 47.5 Å². The maximum atomic E-state index is 12.9. The molecule has 1 aliphatic rings. The van der Waals surface area contributed by atoms with Crippen LogP contribution in [0.3, 0.4) is 0 Å². The van der Waals surface area contributed by atoms with Gasteiger partial charge in [-0.25, -0.2) is 8.42 Å². The number of nitrogens with zero attached hydrogens (tertiary/aromatic N) is 1. The van der Waals surface area contributed by atoms with Gasteiger partial charge >= 0.3 is 0 Å². The zero-order chi connectivity index (χ0) is 21.6. The van der Waals surface area contributed by atoms with Gasteiger partial charge in [0.05, 0.1) is 24.8 Å². The first kappa shape index (κ1) is 22.4. The number of halogens is 1. The van der Waals surface area contributed by atoms with E-state index in [1.54, 1.807) is 18.2 Å². The number of carbonyl (C=O) groups excluding carboxylic acids is 1. The van der Waals surface area contributed by atoms with Crippen molar-refractivity contribution in [1.82, 2.24) is 4.31 Å². The van der Waals surface area contributed by atoms with Crippen molar-refractivity contribution in [2.45, 2.75) is 11.8 Å². The zero-order valence-corrected chi connectivity index (χ0v) is 18.0. The van der Waals surface area contributed by atoms with Crippen molar-refractivity contribution >= 4 is 33.2 Å². The summed E-state index contributed by atoms with van der Waals surface area (Å²) in [5, 5.41) is 2.72. The maximum Gasteiger partial charge on any atom is 0.262 e. The number of hydrogen-bond donors (Lipinski definition) is 1. The molecule has 0 aliphatic carbocycles. The minimum atomic E-state index is -3.80. The molecule has 1 aliphatic heterocycles. The topological polar surface area (TPSA) is 94.2 Å². The van der Waals surface area contributed by atoms with Crippen LogP contribution >= 0.6 is 11.6 Å². The highest BCUT2D eigenvalue weighted by Gasteiger charge is 2.28. The third-order valence-electron chi connectivity index (χ3n) is 4.31. The van der Waals surface area contributed by atoms with Crippen LogP contribution < -0.4 is 14.8 Å². The van der Waals surface area contributed by atoms with Crippen LogP contribution in [0.15, 0.2) is 47.4 Å². The molecule has 2 aromatic rings. The van der Waals surface area contributed by atoms with Crippen LogP contribution in [0, 0.1) is 0 Å². The molecule has 2 aromatic carbocycles. The van der Waals surface area contributed by atoms with E-state index in [0.717, 1.165) is 0 Å². The fourth-order valence-electron chi connectivity index (χ4n) is 2.89. The molecule has 0 atom stereocenters. The highest BCUT2D eigenvalue weighted by Crippen LogP contribution is 2.29. The number of carbonyl (C=O) groups is 1. The molecule has 162 valence electrons. The number of para-hydroxylation sites is 2. The quantitative estimate of drug-likeness (QED) is 0.659. The second-order valence-electron chi connectivity index (χ2n) is 6.38. The van der Waals surface area contributed by atoms with E-state index in [1.807, 2.05) is 13.0 Å². The molecular weight excluding hydrogens is 432 g/mol. The Hall–Kier alpha value is -2.33. The lowest BCUT2D eigenvalue weighted by molar-refractivity contribution is -0.118. The van der Waals surface area contributed by atoms with Gasteiger partial charge < -0.3 is 19.5 Å². The number of rotatable bonds is 8. The molecule has 1 fully saturated rings. The number of benzene rings is 2. The van der Waals surface area contributed by atoms with Crippen LogP contribution in [0.1, 0.15) is 6.92 Å².